The standard InChI is InChI=1S/C15H20N2O2S/c1-12-16-9-14(20-12)11-17(7-8-18)10-13-5-3-4-6-15(13)19-2/h3-6,9,18H,7-8,10-11H2,1-2H3. The number of nitrogens with zero attached hydrogens (tertiary/aromatic N) is 2. The van der Waals surface area contributed by atoms with Crippen LogP contribution in [0.3, 0.4) is 0 Å². The lowest BCUT2D eigenvalue weighted by molar-refractivity contribution is 0.184. The van der Waals surface area contributed by atoms with Crippen LogP contribution in [0.5, 0.6) is 5.75 Å². The van der Waals surface area contributed by atoms with Gasteiger partial charge in [0.25, 0.3) is 0 Å². The minimum Gasteiger partial charge on any atom is -0.496 e. The van der Waals surface area contributed by atoms with E-state index in [4.69, 9.17) is 4.74 Å². The van der Waals surface area contributed by atoms with E-state index in [2.05, 4.69) is 16.0 Å². The van der Waals surface area contributed by atoms with Crippen LogP contribution in [-0.2, 0) is 13.1 Å². The Balaban J connectivity index is 2.08. The van der Waals surface area contributed by atoms with Crippen molar-refractivity contribution in [1.29, 1.82) is 0 Å². The normalized spacial score (nSPS) is 11.0. The topological polar surface area (TPSA) is 45.6 Å². The van der Waals surface area contributed by atoms with E-state index in [1.165, 1.54) is 4.88 Å². The molecule has 1 heterocycles. The van der Waals surface area contributed by atoms with Gasteiger partial charge in [0.2, 0.25) is 0 Å². The Morgan fingerprint density at radius 2 is 2.10 bits per heavy atom. The molecule has 0 atom stereocenters. The first kappa shape index (κ1) is 15.0. The quantitative estimate of drug-likeness (QED) is 0.851. The third-order valence-electron chi connectivity index (χ3n) is 3.05. The van der Waals surface area contributed by atoms with Crippen LogP contribution in [0.4, 0.5) is 0 Å². The predicted molar refractivity (Wildman–Crippen MR) is 81.0 cm³/mol. The fraction of sp³-hybridized carbons (Fsp3) is 0.400. The molecular weight excluding hydrogens is 272 g/mol. The molecule has 0 aliphatic heterocycles. The van der Waals surface area contributed by atoms with Crippen LogP contribution in [0.15, 0.2) is 30.5 Å². The summed E-state index contributed by atoms with van der Waals surface area (Å²) in [7, 11) is 1.68. The highest BCUT2D eigenvalue weighted by Crippen LogP contribution is 2.21. The van der Waals surface area contributed by atoms with Gasteiger partial charge in [-0.2, -0.15) is 0 Å². The molecular formula is C15H20N2O2S. The van der Waals surface area contributed by atoms with Gasteiger partial charge in [0.1, 0.15) is 5.75 Å². The van der Waals surface area contributed by atoms with Gasteiger partial charge in [-0.25, -0.2) is 4.98 Å². The summed E-state index contributed by atoms with van der Waals surface area (Å²) in [5, 5.41) is 10.3. The monoisotopic (exact) mass is 292 g/mol. The largest absolute Gasteiger partial charge is 0.496 e. The van der Waals surface area contributed by atoms with Crippen molar-refractivity contribution in [3.8, 4) is 5.75 Å². The van der Waals surface area contributed by atoms with Gasteiger partial charge in [0, 0.05) is 36.3 Å². The Hall–Kier alpha value is -1.43. The smallest absolute Gasteiger partial charge is 0.123 e. The van der Waals surface area contributed by atoms with Crippen molar-refractivity contribution in [2.75, 3.05) is 20.3 Å². The number of hydrogen-bond acceptors (Lipinski definition) is 5. The molecule has 2 aromatic rings. The van der Waals surface area contributed by atoms with Crippen molar-refractivity contribution < 1.29 is 9.84 Å². The van der Waals surface area contributed by atoms with Crippen molar-refractivity contribution in [1.82, 2.24) is 9.88 Å². The van der Waals surface area contributed by atoms with Crippen molar-refractivity contribution >= 4 is 11.3 Å². The lowest BCUT2D eigenvalue weighted by Gasteiger charge is -2.21. The van der Waals surface area contributed by atoms with E-state index in [-0.39, 0.29) is 6.61 Å². The summed E-state index contributed by atoms with van der Waals surface area (Å²) in [4.78, 5) is 7.69. The van der Waals surface area contributed by atoms with Crippen LogP contribution in [0.1, 0.15) is 15.4 Å². The molecule has 0 radical (unpaired) electrons. The van der Waals surface area contributed by atoms with E-state index in [1.54, 1.807) is 18.4 Å². The first-order valence-corrected chi connectivity index (χ1v) is 7.41. The molecule has 20 heavy (non-hydrogen) atoms. The average Bonchev–Trinajstić information content (AvgIpc) is 2.85. The fourth-order valence-electron chi connectivity index (χ4n) is 2.13. The average molecular weight is 292 g/mol. The predicted octanol–water partition coefficient (Wildman–Crippen LogP) is 2.45. The number of thiazole rings is 1. The molecule has 1 N–H and O–H groups in total. The summed E-state index contributed by atoms with van der Waals surface area (Å²) >= 11 is 1.70. The number of aryl methyl sites for hydroxylation is 1. The van der Waals surface area contributed by atoms with Gasteiger partial charge in [-0.3, -0.25) is 4.90 Å². The second-order valence-corrected chi connectivity index (χ2v) is 5.91. The Bertz CT molecular complexity index is 542. The van der Waals surface area contributed by atoms with Crippen molar-refractivity contribution in [3.63, 3.8) is 0 Å². The highest BCUT2D eigenvalue weighted by molar-refractivity contribution is 7.11. The van der Waals surface area contributed by atoms with Crippen LogP contribution in [-0.4, -0.2) is 35.3 Å². The minimum atomic E-state index is 0.146. The molecule has 0 amide bonds. The van der Waals surface area contributed by atoms with Crippen molar-refractivity contribution in [3.05, 3.63) is 45.9 Å². The molecule has 0 saturated heterocycles. The second-order valence-electron chi connectivity index (χ2n) is 4.59. The molecule has 108 valence electrons. The third-order valence-corrected chi connectivity index (χ3v) is 3.95. The van der Waals surface area contributed by atoms with E-state index < -0.39 is 0 Å². The zero-order valence-corrected chi connectivity index (χ0v) is 12.7. The number of aromatic nitrogens is 1. The lowest BCUT2D eigenvalue weighted by atomic mass is 10.2. The van der Waals surface area contributed by atoms with Gasteiger partial charge in [-0.1, -0.05) is 18.2 Å². The van der Waals surface area contributed by atoms with E-state index in [0.29, 0.717) is 6.54 Å². The second kappa shape index (κ2) is 7.38. The SMILES string of the molecule is COc1ccccc1CN(CCO)Cc1cnc(C)s1. The lowest BCUT2D eigenvalue weighted by Crippen LogP contribution is -2.25. The van der Waals surface area contributed by atoms with E-state index in [1.807, 2.05) is 31.3 Å². The Morgan fingerprint density at radius 1 is 1.30 bits per heavy atom. The summed E-state index contributed by atoms with van der Waals surface area (Å²) in [5.74, 6) is 0.885. The number of aliphatic hydroxyl groups is 1. The van der Waals surface area contributed by atoms with Gasteiger partial charge in [-0.15, -0.1) is 11.3 Å². The fourth-order valence-corrected chi connectivity index (χ4v) is 2.97. The first-order valence-electron chi connectivity index (χ1n) is 6.59. The van der Waals surface area contributed by atoms with Crippen LogP contribution in [0.25, 0.3) is 0 Å². The summed E-state index contributed by atoms with van der Waals surface area (Å²) in [6.45, 7) is 4.33. The molecule has 1 aromatic carbocycles. The minimum absolute atomic E-state index is 0.146. The van der Waals surface area contributed by atoms with Crippen LogP contribution in [0, 0.1) is 6.92 Å². The Morgan fingerprint density at radius 3 is 2.75 bits per heavy atom. The van der Waals surface area contributed by atoms with Gasteiger partial charge < -0.3 is 9.84 Å². The van der Waals surface area contributed by atoms with Gasteiger partial charge in [0.15, 0.2) is 0 Å². The molecule has 0 bridgehead atoms. The number of para-hydroxylation sites is 1. The molecule has 4 nitrogen and oxygen atoms in total. The Labute approximate surface area is 123 Å². The van der Waals surface area contributed by atoms with Crippen LogP contribution in [0.2, 0.25) is 0 Å². The van der Waals surface area contributed by atoms with Crippen molar-refractivity contribution in [2.24, 2.45) is 0 Å². The number of benzene rings is 1. The number of ether oxygens (including phenoxy) is 1. The summed E-state index contributed by atoms with van der Waals surface area (Å²) in [5.41, 5.74) is 1.13. The summed E-state index contributed by atoms with van der Waals surface area (Å²) in [6, 6.07) is 7.99. The zero-order chi connectivity index (χ0) is 14.4. The molecule has 0 aliphatic rings. The van der Waals surface area contributed by atoms with Gasteiger partial charge in [-0.05, 0) is 13.0 Å². The van der Waals surface area contributed by atoms with Gasteiger partial charge in [0.05, 0.1) is 18.7 Å². The summed E-state index contributed by atoms with van der Waals surface area (Å²) < 4.78 is 5.38. The molecule has 0 saturated carbocycles. The molecule has 0 fully saturated rings. The number of methoxy groups -OCH3 is 1. The zero-order valence-electron chi connectivity index (χ0n) is 11.9. The maximum atomic E-state index is 9.24. The molecule has 1 aromatic heterocycles. The highest BCUT2D eigenvalue weighted by atomic mass is 32.1. The van der Waals surface area contributed by atoms with Gasteiger partial charge >= 0.3 is 0 Å². The highest BCUT2D eigenvalue weighted by Gasteiger charge is 2.11. The molecule has 5 heteroatoms. The number of hydrogen-bond donors (Lipinski definition) is 1. The molecule has 2 rings (SSSR count). The summed E-state index contributed by atoms with van der Waals surface area (Å²) in [6.07, 6.45) is 1.91. The Kier molecular flexibility index (Phi) is 5.52. The van der Waals surface area contributed by atoms with E-state index >= 15 is 0 Å². The van der Waals surface area contributed by atoms with Crippen LogP contribution < -0.4 is 4.74 Å². The molecule has 0 unspecified atom stereocenters. The number of aliphatic hydroxyl groups excluding tert-OH is 1. The first-order chi connectivity index (χ1) is 9.72. The van der Waals surface area contributed by atoms with E-state index in [0.717, 1.165) is 29.4 Å². The molecule has 0 aliphatic carbocycles. The number of rotatable bonds is 7. The maximum absolute atomic E-state index is 9.24. The van der Waals surface area contributed by atoms with Crippen molar-refractivity contribution in [2.45, 2.75) is 20.0 Å². The maximum Gasteiger partial charge on any atom is 0.123 e. The third kappa shape index (κ3) is 4.03. The van der Waals surface area contributed by atoms with E-state index in [9.17, 15) is 5.11 Å². The van der Waals surface area contributed by atoms with Crippen LogP contribution >= 0.6 is 11.3 Å². The molecule has 0 spiro atoms.